The highest BCUT2D eigenvalue weighted by molar-refractivity contribution is 5.82. The quantitative estimate of drug-likeness (QED) is 0.823. The molecule has 22 heavy (non-hydrogen) atoms. The zero-order valence-electron chi connectivity index (χ0n) is 14.5. The number of hydrogen-bond acceptors (Lipinski definition) is 4. The molecule has 0 bridgehead atoms. The van der Waals surface area contributed by atoms with Crippen LogP contribution in [-0.2, 0) is 4.79 Å². The van der Waals surface area contributed by atoms with Gasteiger partial charge in [0, 0.05) is 32.7 Å². The molecule has 0 spiro atoms. The van der Waals surface area contributed by atoms with E-state index in [0.29, 0.717) is 18.4 Å². The average molecular weight is 311 g/mol. The van der Waals surface area contributed by atoms with Gasteiger partial charge in [0.25, 0.3) is 0 Å². The molecule has 0 unspecified atom stereocenters. The summed E-state index contributed by atoms with van der Waals surface area (Å²) in [5.41, 5.74) is 0. The number of β-amino-alcohol motifs (C(OH)–C–C–N with tert-alkyl or cyclic N) is 1. The first kappa shape index (κ1) is 17.7. The van der Waals surface area contributed by atoms with Crippen molar-refractivity contribution < 1.29 is 9.90 Å². The van der Waals surface area contributed by atoms with Crippen molar-refractivity contribution in [2.45, 2.75) is 52.2 Å². The number of piperidine rings is 1. The third-order valence-corrected chi connectivity index (χ3v) is 4.87. The summed E-state index contributed by atoms with van der Waals surface area (Å²) in [6.45, 7) is 12.3. The average Bonchev–Trinajstić information content (AvgIpc) is 2.48. The molecular weight excluding hydrogens is 278 g/mol. The maximum absolute atomic E-state index is 13.0. The second kappa shape index (κ2) is 8.27. The van der Waals surface area contributed by atoms with Crippen LogP contribution in [0, 0.1) is 5.92 Å². The Morgan fingerprint density at radius 3 is 2.05 bits per heavy atom. The minimum Gasteiger partial charge on any atom is -0.392 e. The van der Waals surface area contributed by atoms with Crippen LogP contribution < -0.4 is 0 Å². The summed E-state index contributed by atoms with van der Waals surface area (Å²) in [5, 5.41) is 9.48. The molecule has 2 fully saturated rings. The van der Waals surface area contributed by atoms with Gasteiger partial charge in [-0.2, -0.15) is 0 Å². The van der Waals surface area contributed by atoms with Gasteiger partial charge in [0.1, 0.15) is 0 Å². The van der Waals surface area contributed by atoms with Gasteiger partial charge < -0.3 is 10.0 Å². The van der Waals surface area contributed by atoms with E-state index >= 15 is 0 Å². The lowest BCUT2D eigenvalue weighted by molar-refractivity contribution is -0.141. The summed E-state index contributed by atoms with van der Waals surface area (Å²) < 4.78 is 0. The minimum absolute atomic E-state index is 0.0450. The lowest BCUT2D eigenvalue weighted by atomic mass is 9.97. The Morgan fingerprint density at radius 2 is 1.55 bits per heavy atom. The summed E-state index contributed by atoms with van der Waals surface area (Å²) >= 11 is 0. The fourth-order valence-electron chi connectivity index (χ4n) is 3.77. The van der Waals surface area contributed by atoms with Crippen LogP contribution >= 0.6 is 0 Å². The fraction of sp³-hybridized carbons (Fsp3) is 0.941. The third kappa shape index (κ3) is 4.67. The summed E-state index contributed by atoms with van der Waals surface area (Å²) in [4.78, 5) is 19.7. The Labute approximate surface area is 135 Å². The topological polar surface area (TPSA) is 47.0 Å². The molecular formula is C17H33N3O2. The fourth-order valence-corrected chi connectivity index (χ4v) is 3.77. The van der Waals surface area contributed by atoms with Gasteiger partial charge in [-0.25, -0.2) is 0 Å². The van der Waals surface area contributed by atoms with Crippen molar-refractivity contribution in [3.63, 3.8) is 0 Å². The Morgan fingerprint density at radius 1 is 0.955 bits per heavy atom. The number of rotatable bonds is 5. The molecule has 0 aromatic heterocycles. The lowest BCUT2D eigenvalue weighted by Crippen LogP contribution is -2.57. The number of nitrogens with zero attached hydrogens (tertiary/aromatic N) is 3. The number of likely N-dealkylation sites (tertiary alicyclic amines) is 1. The second-order valence-electron chi connectivity index (χ2n) is 7.26. The van der Waals surface area contributed by atoms with Crippen molar-refractivity contribution in [3.05, 3.63) is 0 Å². The second-order valence-corrected chi connectivity index (χ2v) is 7.26. The summed E-state index contributed by atoms with van der Waals surface area (Å²) in [6.07, 6.45) is 3.45. The van der Waals surface area contributed by atoms with Crippen LogP contribution in [0.15, 0.2) is 0 Å². The standard InChI is InChI=1S/C17H33N3O2/c1-14(2)16(19-7-5-4-6-8-19)17(22)20-11-9-18(10-12-20)13-15(3)21/h14-16,21H,4-13H2,1-3H3/t15-,16+/m1/s1. The Balaban J connectivity index is 1.91. The van der Waals surface area contributed by atoms with E-state index < -0.39 is 0 Å². The van der Waals surface area contributed by atoms with Crippen LogP contribution in [0.4, 0.5) is 0 Å². The number of amides is 1. The van der Waals surface area contributed by atoms with E-state index in [1.165, 1.54) is 19.3 Å². The maximum atomic E-state index is 13.0. The van der Waals surface area contributed by atoms with Crippen molar-refractivity contribution in [2.24, 2.45) is 5.92 Å². The molecule has 0 aliphatic carbocycles. The van der Waals surface area contributed by atoms with E-state index in [0.717, 1.165) is 39.3 Å². The molecule has 2 heterocycles. The van der Waals surface area contributed by atoms with E-state index in [1.807, 2.05) is 11.8 Å². The zero-order valence-corrected chi connectivity index (χ0v) is 14.5. The number of aliphatic hydroxyl groups is 1. The number of carbonyl (C=O) groups excluding carboxylic acids is 1. The molecule has 2 aliphatic heterocycles. The molecule has 0 saturated carbocycles. The first-order valence-electron chi connectivity index (χ1n) is 8.92. The van der Waals surface area contributed by atoms with E-state index in [2.05, 4.69) is 23.6 Å². The van der Waals surface area contributed by atoms with E-state index in [-0.39, 0.29) is 12.1 Å². The van der Waals surface area contributed by atoms with Crippen LogP contribution in [0.2, 0.25) is 0 Å². The van der Waals surface area contributed by atoms with Gasteiger partial charge in [-0.05, 0) is 38.8 Å². The van der Waals surface area contributed by atoms with Crippen molar-refractivity contribution in [2.75, 3.05) is 45.8 Å². The molecule has 5 heteroatoms. The Hall–Kier alpha value is -0.650. The molecule has 2 rings (SSSR count). The molecule has 2 saturated heterocycles. The number of carbonyl (C=O) groups is 1. The normalized spacial score (nSPS) is 24.5. The van der Waals surface area contributed by atoms with Crippen molar-refractivity contribution in [3.8, 4) is 0 Å². The molecule has 5 nitrogen and oxygen atoms in total. The Kier molecular flexibility index (Phi) is 6.66. The first-order chi connectivity index (χ1) is 10.5. The summed E-state index contributed by atoms with van der Waals surface area (Å²) in [6, 6.07) is 0.0450. The predicted molar refractivity (Wildman–Crippen MR) is 88.8 cm³/mol. The van der Waals surface area contributed by atoms with E-state index in [1.54, 1.807) is 0 Å². The highest BCUT2D eigenvalue weighted by atomic mass is 16.3. The van der Waals surface area contributed by atoms with Gasteiger partial charge >= 0.3 is 0 Å². The van der Waals surface area contributed by atoms with Crippen molar-refractivity contribution >= 4 is 5.91 Å². The third-order valence-electron chi connectivity index (χ3n) is 4.87. The molecule has 0 radical (unpaired) electrons. The van der Waals surface area contributed by atoms with Gasteiger partial charge in [0.05, 0.1) is 12.1 Å². The van der Waals surface area contributed by atoms with Crippen LogP contribution in [0.5, 0.6) is 0 Å². The largest absolute Gasteiger partial charge is 0.392 e. The Bertz CT molecular complexity index is 346. The molecule has 0 aromatic rings. The highest BCUT2D eigenvalue weighted by Gasteiger charge is 2.34. The molecule has 2 aliphatic rings. The summed E-state index contributed by atoms with van der Waals surface area (Å²) in [5.74, 6) is 0.676. The zero-order chi connectivity index (χ0) is 16.1. The SMILES string of the molecule is CC(C)[C@@H](C(=O)N1CCN(C[C@@H](C)O)CC1)N1CCCCC1. The van der Waals surface area contributed by atoms with Crippen LogP contribution in [0.3, 0.4) is 0 Å². The molecule has 1 amide bonds. The highest BCUT2D eigenvalue weighted by Crippen LogP contribution is 2.20. The smallest absolute Gasteiger partial charge is 0.240 e. The van der Waals surface area contributed by atoms with Gasteiger partial charge in [0.2, 0.25) is 5.91 Å². The van der Waals surface area contributed by atoms with Crippen molar-refractivity contribution in [1.29, 1.82) is 0 Å². The number of hydrogen-bond donors (Lipinski definition) is 1. The number of aliphatic hydroxyl groups excluding tert-OH is 1. The monoisotopic (exact) mass is 311 g/mol. The van der Waals surface area contributed by atoms with Gasteiger partial charge in [0.15, 0.2) is 0 Å². The predicted octanol–water partition coefficient (Wildman–Crippen LogP) is 1.02. The van der Waals surface area contributed by atoms with Crippen LogP contribution in [0.1, 0.15) is 40.0 Å². The van der Waals surface area contributed by atoms with Gasteiger partial charge in [-0.15, -0.1) is 0 Å². The molecule has 128 valence electrons. The van der Waals surface area contributed by atoms with Gasteiger partial charge in [-0.3, -0.25) is 14.6 Å². The van der Waals surface area contributed by atoms with Crippen LogP contribution in [0.25, 0.3) is 0 Å². The van der Waals surface area contributed by atoms with Crippen LogP contribution in [-0.4, -0.2) is 83.7 Å². The number of piperazine rings is 1. The van der Waals surface area contributed by atoms with Crippen molar-refractivity contribution in [1.82, 2.24) is 14.7 Å². The van der Waals surface area contributed by atoms with E-state index in [9.17, 15) is 9.90 Å². The lowest BCUT2D eigenvalue weighted by Gasteiger charge is -2.41. The maximum Gasteiger partial charge on any atom is 0.240 e. The van der Waals surface area contributed by atoms with E-state index in [4.69, 9.17) is 0 Å². The van der Waals surface area contributed by atoms with Gasteiger partial charge in [-0.1, -0.05) is 20.3 Å². The first-order valence-corrected chi connectivity index (χ1v) is 8.92. The molecule has 0 aromatic carbocycles. The summed E-state index contributed by atoms with van der Waals surface area (Å²) in [7, 11) is 0. The minimum atomic E-state index is -0.293. The molecule has 1 N–H and O–H groups in total. The molecule has 2 atom stereocenters.